The zero-order chi connectivity index (χ0) is 13.6. The molecular weight excluding hydrogens is 317 g/mol. The van der Waals surface area contributed by atoms with Crippen molar-refractivity contribution in [3.63, 3.8) is 0 Å². The summed E-state index contributed by atoms with van der Waals surface area (Å²) in [6.07, 6.45) is -4.32. The fourth-order valence-electron chi connectivity index (χ4n) is 1.17. The summed E-state index contributed by atoms with van der Waals surface area (Å²) in [5.74, 6) is 0.470. The Morgan fingerprint density at radius 2 is 1.94 bits per heavy atom. The highest BCUT2D eigenvalue weighted by Gasteiger charge is 2.27. The summed E-state index contributed by atoms with van der Waals surface area (Å²) in [5, 5.41) is 9.01. The molecule has 0 spiro atoms. The van der Waals surface area contributed by atoms with Gasteiger partial charge in [-0.2, -0.15) is 13.2 Å². The molecular formula is C11H12BrF3O3. The van der Waals surface area contributed by atoms with Crippen LogP contribution in [0.4, 0.5) is 13.2 Å². The van der Waals surface area contributed by atoms with Crippen LogP contribution in [0.15, 0.2) is 22.7 Å². The SMILES string of the molecule is OCc1cc(OCCOCC(F)(F)F)ccc1Br. The molecule has 0 amide bonds. The second kappa shape index (κ2) is 6.96. The Morgan fingerprint density at radius 1 is 1.22 bits per heavy atom. The van der Waals surface area contributed by atoms with Crippen LogP contribution in [0.3, 0.4) is 0 Å². The zero-order valence-electron chi connectivity index (χ0n) is 9.34. The maximum atomic E-state index is 11.8. The van der Waals surface area contributed by atoms with Gasteiger partial charge in [-0.3, -0.25) is 0 Å². The molecule has 7 heteroatoms. The summed E-state index contributed by atoms with van der Waals surface area (Å²) >= 11 is 3.24. The van der Waals surface area contributed by atoms with Crippen LogP contribution in [0.5, 0.6) is 5.75 Å². The van der Waals surface area contributed by atoms with Crippen molar-refractivity contribution in [2.24, 2.45) is 0 Å². The Labute approximate surface area is 111 Å². The van der Waals surface area contributed by atoms with Crippen LogP contribution in [-0.4, -0.2) is 31.1 Å². The molecule has 1 N–H and O–H groups in total. The Balaban J connectivity index is 2.31. The van der Waals surface area contributed by atoms with Crippen LogP contribution in [0, 0.1) is 0 Å². The van der Waals surface area contributed by atoms with E-state index in [2.05, 4.69) is 20.7 Å². The van der Waals surface area contributed by atoms with Crippen LogP contribution in [0.1, 0.15) is 5.56 Å². The predicted octanol–water partition coefficient (Wildman–Crippen LogP) is 2.90. The summed E-state index contributed by atoms with van der Waals surface area (Å²) in [4.78, 5) is 0. The van der Waals surface area contributed by atoms with Crippen molar-refractivity contribution < 1.29 is 27.8 Å². The molecule has 1 aromatic carbocycles. The van der Waals surface area contributed by atoms with E-state index in [9.17, 15) is 13.2 Å². The number of ether oxygens (including phenoxy) is 2. The monoisotopic (exact) mass is 328 g/mol. The van der Waals surface area contributed by atoms with Crippen LogP contribution in [0.2, 0.25) is 0 Å². The minimum absolute atomic E-state index is 0.0164. The average Bonchev–Trinajstić information content (AvgIpc) is 2.29. The first-order valence-corrected chi connectivity index (χ1v) is 5.88. The molecule has 0 unspecified atom stereocenters. The van der Waals surface area contributed by atoms with E-state index in [0.29, 0.717) is 11.3 Å². The second-order valence-electron chi connectivity index (χ2n) is 3.43. The molecule has 0 aliphatic heterocycles. The third-order valence-electron chi connectivity index (χ3n) is 1.95. The molecule has 0 saturated carbocycles. The second-order valence-corrected chi connectivity index (χ2v) is 4.28. The van der Waals surface area contributed by atoms with Gasteiger partial charge in [0.15, 0.2) is 0 Å². The molecule has 3 nitrogen and oxygen atoms in total. The number of aliphatic hydroxyl groups is 1. The number of hydrogen-bond donors (Lipinski definition) is 1. The molecule has 0 aliphatic carbocycles. The first-order chi connectivity index (χ1) is 8.42. The largest absolute Gasteiger partial charge is 0.491 e. The number of alkyl halides is 3. The molecule has 0 aromatic heterocycles. The van der Waals surface area contributed by atoms with E-state index in [1.54, 1.807) is 18.2 Å². The highest BCUT2D eigenvalue weighted by atomic mass is 79.9. The third-order valence-corrected chi connectivity index (χ3v) is 2.72. The van der Waals surface area contributed by atoms with E-state index in [0.717, 1.165) is 4.47 Å². The van der Waals surface area contributed by atoms with Crippen molar-refractivity contribution in [2.75, 3.05) is 19.8 Å². The van der Waals surface area contributed by atoms with Crippen molar-refractivity contribution in [3.05, 3.63) is 28.2 Å². The molecule has 102 valence electrons. The lowest BCUT2D eigenvalue weighted by molar-refractivity contribution is -0.175. The fraction of sp³-hybridized carbons (Fsp3) is 0.455. The molecule has 0 aliphatic rings. The van der Waals surface area contributed by atoms with Gasteiger partial charge in [0, 0.05) is 4.47 Å². The first kappa shape index (κ1) is 15.3. The third kappa shape index (κ3) is 5.70. The van der Waals surface area contributed by atoms with E-state index in [1.165, 1.54) is 0 Å². The van der Waals surface area contributed by atoms with Crippen molar-refractivity contribution in [1.82, 2.24) is 0 Å². The average molecular weight is 329 g/mol. The molecule has 1 aromatic rings. The standard InChI is InChI=1S/C11H12BrF3O3/c12-10-2-1-9(5-8(10)6-16)18-4-3-17-7-11(13,14)15/h1-2,5,16H,3-4,6-7H2. The van der Waals surface area contributed by atoms with E-state index in [4.69, 9.17) is 9.84 Å². The minimum atomic E-state index is -4.32. The summed E-state index contributed by atoms with van der Waals surface area (Å²) in [6, 6.07) is 4.94. The van der Waals surface area contributed by atoms with Gasteiger partial charge in [-0.15, -0.1) is 0 Å². The lowest BCUT2D eigenvalue weighted by atomic mass is 10.2. The number of hydrogen-bond acceptors (Lipinski definition) is 3. The summed E-state index contributed by atoms with van der Waals surface area (Å²) < 4.78 is 45.6. The van der Waals surface area contributed by atoms with Gasteiger partial charge in [0.2, 0.25) is 0 Å². The van der Waals surface area contributed by atoms with Crippen LogP contribution in [0.25, 0.3) is 0 Å². The minimum Gasteiger partial charge on any atom is -0.491 e. The number of halogens is 4. The van der Waals surface area contributed by atoms with Crippen molar-refractivity contribution in [1.29, 1.82) is 0 Å². The van der Waals surface area contributed by atoms with Gasteiger partial charge in [0.1, 0.15) is 19.0 Å². The molecule has 0 heterocycles. The van der Waals surface area contributed by atoms with Crippen molar-refractivity contribution >= 4 is 15.9 Å². The molecule has 0 atom stereocenters. The van der Waals surface area contributed by atoms with Gasteiger partial charge in [0.05, 0.1) is 13.2 Å². The molecule has 0 fully saturated rings. The van der Waals surface area contributed by atoms with Gasteiger partial charge in [-0.25, -0.2) is 0 Å². The first-order valence-electron chi connectivity index (χ1n) is 5.09. The van der Waals surface area contributed by atoms with E-state index < -0.39 is 12.8 Å². The van der Waals surface area contributed by atoms with Gasteiger partial charge >= 0.3 is 6.18 Å². The van der Waals surface area contributed by atoms with Gasteiger partial charge < -0.3 is 14.6 Å². The lowest BCUT2D eigenvalue weighted by Gasteiger charge is -2.10. The van der Waals surface area contributed by atoms with E-state index >= 15 is 0 Å². The number of rotatable bonds is 6. The van der Waals surface area contributed by atoms with Crippen molar-refractivity contribution in [3.8, 4) is 5.75 Å². The van der Waals surface area contributed by atoms with E-state index in [-0.39, 0.29) is 19.8 Å². The molecule has 1 rings (SSSR count). The Hall–Kier alpha value is -0.790. The maximum Gasteiger partial charge on any atom is 0.411 e. The molecule has 18 heavy (non-hydrogen) atoms. The van der Waals surface area contributed by atoms with Crippen LogP contribution in [-0.2, 0) is 11.3 Å². The number of benzene rings is 1. The summed E-state index contributed by atoms with van der Waals surface area (Å²) in [5.41, 5.74) is 0.642. The van der Waals surface area contributed by atoms with Crippen LogP contribution < -0.4 is 4.74 Å². The Morgan fingerprint density at radius 3 is 2.56 bits per heavy atom. The fourth-order valence-corrected chi connectivity index (χ4v) is 1.54. The van der Waals surface area contributed by atoms with Gasteiger partial charge in [-0.05, 0) is 23.8 Å². The smallest absolute Gasteiger partial charge is 0.411 e. The summed E-state index contributed by atoms with van der Waals surface area (Å²) in [6.45, 7) is -1.56. The topological polar surface area (TPSA) is 38.7 Å². The Kier molecular flexibility index (Phi) is 5.90. The quantitative estimate of drug-likeness (QED) is 0.816. The lowest BCUT2D eigenvalue weighted by Crippen LogP contribution is -2.19. The normalized spacial score (nSPS) is 11.6. The predicted molar refractivity (Wildman–Crippen MR) is 62.4 cm³/mol. The maximum absolute atomic E-state index is 11.8. The zero-order valence-corrected chi connectivity index (χ0v) is 10.9. The highest BCUT2D eigenvalue weighted by molar-refractivity contribution is 9.10. The molecule has 0 bridgehead atoms. The Bertz CT molecular complexity index is 382. The van der Waals surface area contributed by atoms with Gasteiger partial charge in [-0.1, -0.05) is 15.9 Å². The molecule has 0 radical (unpaired) electrons. The molecule has 0 saturated heterocycles. The van der Waals surface area contributed by atoms with Crippen LogP contribution >= 0.6 is 15.9 Å². The number of aliphatic hydroxyl groups excluding tert-OH is 1. The van der Waals surface area contributed by atoms with Crippen molar-refractivity contribution in [2.45, 2.75) is 12.8 Å². The summed E-state index contributed by atoms with van der Waals surface area (Å²) in [7, 11) is 0. The van der Waals surface area contributed by atoms with E-state index in [1.807, 2.05) is 0 Å². The van der Waals surface area contributed by atoms with Gasteiger partial charge in [0.25, 0.3) is 0 Å². The highest BCUT2D eigenvalue weighted by Crippen LogP contribution is 2.22.